The van der Waals surface area contributed by atoms with Gasteiger partial charge in [0, 0.05) is 43.8 Å². The number of fused-ring (bicyclic) bond motifs is 2. The third-order valence-electron chi connectivity index (χ3n) is 5.34. The van der Waals surface area contributed by atoms with Crippen LogP contribution in [0.3, 0.4) is 0 Å². The Morgan fingerprint density at radius 1 is 1.17 bits per heavy atom. The van der Waals surface area contributed by atoms with Crippen molar-refractivity contribution in [2.24, 2.45) is 4.99 Å². The molecule has 0 bridgehead atoms. The van der Waals surface area contributed by atoms with E-state index < -0.39 is 0 Å². The van der Waals surface area contributed by atoms with Crippen molar-refractivity contribution in [3.63, 3.8) is 0 Å². The summed E-state index contributed by atoms with van der Waals surface area (Å²) in [5.41, 5.74) is 4.26. The summed E-state index contributed by atoms with van der Waals surface area (Å²) in [4.78, 5) is 12.1. The number of guanidine groups is 1. The number of aryl methyl sites for hydroxylation is 2. The zero-order chi connectivity index (χ0) is 20.9. The van der Waals surface area contributed by atoms with Crippen LogP contribution in [0.15, 0.2) is 53.7 Å². The van der Waals surface area contributed by atoms with E-state index in [4.69, 9.17) is 0 Å². The van der Waals surface area contributed by atoms with Gasteiger partial charge in [-0.15, -0.1) is 0 Å². The highest BCUT2D eigenvalue weighted by Gasteiger charge is 2.07. The molecule has 0 atom stereocenters. The van der Waals surface area contributed by atoms with Gasteiger partial charge in [-0.05, 0) is 55.7 Å². The predicted octanol–water partition coefficient (Wildman–Crippen LogP) is 3.76. The first-order valence-corrected chi connectivity index (χ1v) is 10.3. The molecule has 4 aromatic rings. The van der Waals surface area contributed by atoms with Gasteiger partial charge >= 0.3 is 0 Å². The number of H-pyrrole nitrogens is 1. The average molecular weight is 407 g/mol. The van der Waals surface area contributed by atoms with Crippen LogP contribution in [0, 0.1) is 12.7 Å². The molecule has 0 saturated carbocycles. The molecule has 4 rings (SSSR count). The molecule has 3 N–H and O–H groups in total. The summed E-state index contributed by atoms with van der Waals surface area (Å²) >= 11 is 0. The van der Waals surface area contributed by atoms with Crippen molar-refractivity contribution in [3.8, 4) is 0 Å². The maximum Gasteiger partial charge on any atom is 0.190 e. The Balaban J connectivity index is 1.25. The Morgan fingerprint density at radius 3 is 2.87 bits per heavy atom. The van der Waals surface area contributed by atoms with Gasteiger partial charge in [0.05, 0.1) is 11.0 Å². The van der Waals surface area contributed by atoms with Gasteiger partial charge < -0.3 is 20.2 Å². The Hall–Kier alpha value is -3.35. The standard InChI is InChI=1S/C23H27FN6/c1-16-29-21-6-3-4-7-22(21)30(16)13-5-11-26-23(25-2)27-12-10-17-15-28-20-9-8-18(24)14-19(17)20/h3-4,6-9,14-15,28H,5,10-13H2,1-2H3,(H2,25,26,27). The number of imidazole rings is 1. The number of para-hydroxylation sites is 2. The molecule has 0 spiro atoms. The van der Waals surface area contributed by atoms with Crippen LogP contribution in [0.1, 0.15) is 17.8 Å². The Labute approximate surface area is 175 Å². The minimum atomic E-state index is -0.213. The van der Waals surface area contributed by atoms with Crippen molar-refractivity contribution in [3.05, 3.63) is 65.9 Å². The maximum absolute atomic E-state index is 13.5. The first kappa shape index (κ1) is 19.9. The van der Waals surface area contributed by atoms with Crippen molar-refractivity contribution in [1.29, 1.82) is 0 Å². The van der Waals surface area contributed by atoms with Crippen LogP contribution in [0.4, 0.5) is 4.39 Å². The molecule has 2 heterocycles. The minimum Gasteiger partial charge on any atom is -0.361 e. The molecule has 0 aliphatic heterocycles. The van der Waals surface area contributed by atoms with E-state index in [9.17, 15) is 4.39 Å². The summed E-state index contributed by atoms with van der Waals surface area (Å²) < 4.78 is 15.8. The predicted molar refractivity (Wildman–Crippen MR) is 120 cm³/mol. The second-order valence-electron chi connectivity index (χ2n) is 7.33. The Morgan fingerprint density at radius 2 is 2.00 bits per heavy atom. The van der Waals surface area contributed by atoms with Gasteiger partial charge in [0.15, 0.2) is 5.96 Å². The van der Waals surface area contributed by atoms with Crippen molar-refractivity contribution in [2.75, 3.05) is 20.1 Å². The van der Waals surface area contributed by atoms with Crippen LogP contribution < -0.4 is 10.6 Å². The molecule has 30 heavy (non-hydrogen) atoms. The molecule has 0 amide bonds. The fourth-order valence-corrected chi connectivity index (χ4v) is 3.82. The molecule has 6 nitrogen and oxygen atoms in total. The highest BCUT2D eigenvalue weighted by molar-refractivity contribution is 5.83. The Bertz CT molecular complexity index is 1170. The summed E-state index contributed by atoms with van der Waals surface area (Å²) in [5, 5.41) is 7.63. The summed E-state index contributed by atoms with van der Waals surface area (Å²) in [7, 11) is 1.77. The molecule has 7 heteroatoms. The third-order valence-corrected chi connectivity index (χ3v) is 5.34. The summed E-state index contributed by atoms with van der Waals surface area (Å²) in [6, 6.07) is 13.0. The van der Waals surface area contributed by atoms with E-state index in [1.165, 1.54) is 11.6 Å². The normalized spacial score (nSPS) is 12.0. The fourth-order valence-electron chi connectivity index (χ4n) is 3.82. The summed E-state index contributed by atoms with van der Waals surface area (Å²) in [5.74, 6) is 1.59. The van der Waals surface area contributed by atoms with Crippen LogP contribution in [0.2, 0.25) is 0 Å². The van der Waals surface area contributed by atoms with Crippen molar-refractivity contribution in [1.82, 2.24) is 25.2 Å². The first-order valence-electron chi connectivity index (χ1n) is 10.3. The zero-order valence-corrected chi connectivity index (χ0v) is 17.4. The molecule has 0 aliphatic carbocycles. The van der Waals surface area contributed by atoms with Crippen LogP contribution in [-0.2, 0) is 13.0 Å². The lowest BCUT2D eigenvalue weighted by Crippen LogP contribution is -2.39. The van der Waals surface area contributed by atoms with Gasteiger partial charge in [-0.1, -0.05) is 12.1 Å². The molecular formula is C23H27FN6. The van der Waals surface area contributed by atoms with Gasteiger partial charge in [-0.2, -0.15) is 0 Å². The third kappa shape index (κ3) is 4.30. The number of aromatic amines is 1. The number of nitrogens with zero attached hydrogens (tertiary/aromatic N) is 3. The van der Waals surface area contributed by atoms with Gasteiger partial charge in [0.25, 0.3) is 0 Å². The molecule has 2 aromatic heterocycles. The molecule has 0 aliphatic rings. The van der Waals surface area contributed by atoms with E-state index in [-0.39, 0.29) is 5.82 Å². The number of aromatic nitrogens is 3. The van der Waals surface area contributed by atoms with Crippen molar-refractivity contribution in [2.45, 2.75) is 26.3 Å². The lowest BCUT2D eigenvalue weighted by molar-refractivity contribution is 0.624. The maximum atomic E-state index is 13.5. The largest absolute Gasteiger partial charge is 0.361 e. The molecule has 0 radical (unpaired) electrons. The number of aliphatic imine (C=N–C) groups is 1. The minimum absolute atomic E-state index is 0.213. The molecule has 2 aromatic carbocycles. The quantitative estimate of drug-likeness (QED) is 0.249. The first-order chi connectivity index (χ1) is 14.7. The summed E-state index contributed by atoms with van der Waals surface area (Å²) in [6.45, 7) is 4.47. The van der Waals surface area contributed by atoms with Crippen LogP contribution in [0.25, 0.3) is 21.9 Å². The lowest BCUT2D eigenvalue weighted by Gasteiger charge is -2.12. The van der Waals surface area contributed by atoms with E-state index in [2.05, 4.69) is 36.2 Å². The Kier molecular flexibility index (Phi) is 5.97. The van der Waals surface area contributed by atoms with Crippen molar-refractivity contribution < 1.29 is 4.39 Å². The topological polar surface area (TPSA) is 70.0 Å². The fraction of sp³-hybridized carbons (Fsp3) is 0.304. The van der Waals surface area contributed by atoms with E-state index >= 15 is 0 Å². The monoisotopic (exact) mass is 406 g/mol. The number of hydrogen-bond donors (Lipinski definition) is 3. The van der Waals surface area contributed by atoms with E-state index in [0.29, 0.717) is 6.54 Å². The molecule has 0 fully saturated rings. The van der Waals surface area contributed by atoms with Gasteiger partial charge in [-0.25, -0.2) is 9.37 Å². The zero-order valence-electron chi connectivity index (χ0n) is 17.4. The molecular weight excluding hydrogens is 379 g/mol. The SMILES string of the molecule is CN=C(NCCCn1c(C)nc2ccccc21)NCCc1c[nH]c2ccc(F)cc12. The second-order valence-corrected chi connectivity index (χ2v) is 7.33. The van der Waals surface area contributed by atoms with E-state index in [1.807, 2.05) is 31.3 Å². The van der Waals surface area contributed by atoms with E-state index in [0.717, 1.165) is 59.7 Å². The number of benzene rings is 2. The van der Waals surface area contributed by atoms with Gasteiger partial charge in [0.1, 0.15) is 11.6 Å². The van der Waals surface area contributed by atoms with Crippen LogP contribution in [0.5, 0.6) is 0 Å². The number of rotatable bonds is 7. The van der Waals surface area contributed by atoms with Gasteiger partial charge in [0.2, 0.25) is 0 Å². The van der Waals surface area contributed by atoms with Crippen LogP contribution >= 0.6 is 0 Å². The average Bonchev–Trinajstić information content (AvgIpc) is 3.29. The number of hydrogen-bond acceptors (Lipinski definition) is 2. The van der Waals surface area contributed by atoms with E-state index in [1.54, 1.807) is 19.2 Å². The van der Waals surface area contributed by atoms with Crippen LogP contribution in [-0.4, -0.2) is 40.6 Å². The molecule has 156 valence electrons. The molecule has 0 unspecified atom stereocenters. The smallest absolute Gasteiger partial charge is 0.190 e. The summed E-state index contributed by atoms with van der Waals surface area (Å²) in [6.07, 6.45) is 3.69. The van der Waals surface area contributed by atoms with Crippen molar-refractivity contribution >= 4 is 27.9 Å². The second kappa shape index (κ2) is 8.98. The number of nitrogens with one attached hydrogen (secondary N) is 3. The van der Waals surface area contributed by atoms with Gasteiger partial charge in [-0.3, -0.25) is 4.99 Å². The molecule has 0 saturated heterocycles. The lowest BCUT2D eigenvalue weighted by atomic mass is 10.1. The highest BCUT2D eigenvalue weighted by Crippen LogP contribution is 2.19. The number of halogens is 1. The highest BCUT2D eigenvalue weighted by atomic mass is 19.1.